The lowest BCUT2D eigenvalue weighted by Crippen LogP contribution is -1.85. The Bertz CT molecular complexity index is 612. The first-order chi connectivity index (χ1) is 9.31. The second-order valence-electron chi connectivity index (χ2n) is 4.16. The Hall–Kier alpha value is -2.59. The Morgan fingerprint density at radius 3 is 1.74 bits per heavy atom. The fourth-order valence-corrected chi connectivity index (χ4v) is 1.71. The highest BCUT2D eigenvalue weighted by molar-refractivity contribution is 5.80. The minimum Gasteiger partial charge on any atom is -0.298 e. The average molecular weight is 246 g/mol. The molecule has 0 saturated heterocycles. The Morgan fingerprint density at radius 2 is 1.32 bits per heavy atom. The van der Waals surface area contributed by atoms with Crippen LogP contribution in [0.1, 0.15) is 18.1 Å². The third-order valence-electron chi connectivity index (χ3n) is 2.69. The summed E-state index contributed by atoms with van der Waals surface area (Å²) in [4.78, 5) is 10.6. The van der Waals surface area contributed by atoms with E-state index in [1.165, 1.54) is 0 Å². The van der Waals surface area contributed by atoms with Crippen LogP contribution in [0.25, 0.3) is 5.57 Å². The first-order valence-corrected chi connectivity index (χ1v) is 6.10. The van der Waals surface area contributed by atoms with Crippen molar-refractivity contribution in [1.29, 1.82) is 0 Å². The van der Waals surface area contributed by atoms with E-state index in [1.54, 1.807) is 6.92 Å². The van der Waals surface area contributed by atoms with Crippen LogP contribution in [0, 0.1) is 0 Å². The maximum Gasteiger partial charge on any atom is 0.154 e. The predicted molar refractivity (Wildman–Crippen MR) is 77.7 cm³/mol. The lowest BCUT2D eigenvalue weighted by molar-refractivity contribution is -0.104. The summed E-state index contributed by atoms with van der Waals surface area (Å²) in [6, 6.07) is 20.0. The lowest BCUT2D eigenvalue weighted by atomic mass is 9.99. The smallest absolute Gasteiger partial charge is 0.154 e. The van der Waals surface area contributed by atoms with E-state index in [9.17, 15) is 4.79 Å². The molecule has 0 spiro atoms. The largest absolute Gasteiger partial charge is 0.298 e. The molecule has 0 aliphatic heterocycles. The van der Waals surface area contributed by atoms with Crippen molar-refractivity contribution in [3.8, 4) is 0 Å². The molecule has 0 bridgehead atoms. The van der Waals surface area contributed by atoms with Crippen LogP contribution in [0.4, 0.5) is 0 Å². The van der Waals surface area contributed by atoms with Crippen molar-refractivity contribution in [2.24, 2.45) is 0 Å². The van der Waals surface area contributed by atoms with E-state index in [-0.39, 0.29) is 0 Å². The maximum atomic E-state index is 10.6. The van der Waals surface area contributed by atoms with Crippen molar-refractivity contribution in [3.63, 3.8) is 0 Å². The van der Waals surface area contributed by atoms with E-state index in [1.807, 2.05) is 60.7 Å². The highest BCUT2D eigenvalue weighted by Crippen LogP contribution is 2.21. The number of hydrogen-bond donors (Lipinski definition) is 0. The molecule has 2 aromatic rings. The third-order valence-corrected chi connectivity index (χ3v) is 2.69. The van der Waals surface area contributed by atoms with Crippen molar-refractivity contribution < 1.29 is 4.79 Å². The molecule has 0 amide bonds. The van der Waals surface area contributed by atoms with Gasteiger partial charge in [0, 0.05) is 11.1 Å². The van der Waals surface area contributed by atoms with Crippen molar-refractivity contribution >= 4 is 11.9 Å². The van der Waals surface area contributed by atoms with Gasteiger partial charge in [-0.1, -0.05) is 72.1 Å². The third kappa shape index (κ3) is 3.43. The van der Waals surface area contributed by atoms with Crippen LogP contribution in [0.5, 0.6) is 0 Å². The van der Waals surface area contributed by atoms with Crippen molar-refractivity contribution in [3.05, 3.63) is 88.8 Å². The van der Waals surface area contributed by atoms with E-state index in [0.717, 1.165) is 23.0 Å². The van der Waals surface area contributed by atoms with E-state index in [4.69, 9.17) is 0 Å². The SMILES string of the molecule is CC(=C=C=C(c1ccccc1)c1ccccc1)C=O. The summed E-state index contributed by atoms with van der Waals surface area (Å²) in [5, 5.41) is 0. The van der Waals surface area contributed by atoms with E-state index < -0.39 is 0 Å². The topological polar surface area (TPSA) is 17.1 Å². The molecule has 0 saturated carbocycles. The fourth-order valence-electron chi connectivity index (χ4n) is 1.71. The van der Waals surface area contributed by atoms with Crippen LogP contribution in [-0.4, -0.2) is 6.29 Å². The zero-order valence-corrected chi connectivity index (χ0v) is 10.8. The molecule has 0 radical (unpaired) electrons. The van der Waals surface area contributed by atoms with Crippen molar-refractivity contribution in [2.45, 2.75) is 6.92 Å². The van der Waals surface area contributed by atoms with E-state index >= 15 is 0 Å². The summed E-state index contributed by atoms with van der Waals surface area (Å²) >= 11 is 0. The average Bonchev–Trinajstić information content (AvgIpc) is 2.49. The highest BCUT2D eigenvalue weighted by atomic mass is 16.1. The summed E-state index contributed by atoms with van der Waals surface area (Å²) in [6.45, 7) is 1.72. The Labute approximate surface area is 113 Å². The molecule has 0 aliphatic rings. The Kier molecular flexibility index (Phi) is 4.31. The first-order valence-electron chi connectivity index (χ1n) is 6.10. The van der Waals surface area contributed by atoms with Gasteiger partial charge in [0.1, 0.15) is 0 Å². The van der Waals surface area contributed by atoms with Gasteiger partial charge < -0.3 is 0 Å². The standard InChI is InChI=1S/C18H14O/c1-15(14-19)12-13-18(16-8-4-2-5-9-16)17-10-6-3-7-11-17/h2-11,14H,1H3. The van der Waals surface area contributed by atoms with Gasteiger partial charge in [0.25, 0.3) is 0 Å². The number of hydrogen-bond acceptors (Lipinski definition) is 1. The summed E-state index contributed by atoms with van der Waals surface area (Å²) in [5.41, 5.74) is 9.57. The molecule has 0 aromatic heterocycles. The molecule has 92 valence electrons. The van der Waals surface area contributed by atoms with Gasteiger partial charge in [0.05, 0.1) is 0 Å². The molecule has 1 heteroatoms. The van der Waals surface area contributed by atoms with Gasteiger partial charge in [0.15, 0.2) is 6.29 Å². The minimum atomic E-state index is 0.532. The van der Waals surface area contributed by atoms with Crippen LogP contribution in [0.3, 0.4) is 0 Å². The van der Waals surface area contributed by atoms with Crippen LogP contribution >= 0.6 is 0 Å². The van der Waals surface area contributed by atoms with Crippen LogP contribution < -0.4 is 0 Å². The zero-order chi connectivity index (χ0) is 13.5. The monoisotopic (exact) mass is 246 g/mol. The van der Waals surface area contributed by atoms with E-state index in [2.05, 4.69) is 11.5 Å². The number of aldehydes is 1. The summed E-state index contributed by atoms with van der Waals surface area (Å²) in [5.74, 6) is 0. The fraction of sp³-hybridized carbons (Fsp3) is 0.0556. The molecule has 0 atom stereocenters. The number of allylic oxidation sites excluding steroid dienone is 1. The van der Waals surface area contributed by atoms with Crippen LogP contribution in [0.15, 0.2) is 77.7 Å². The molecule has 2 rings (SSSR count). The molecule has 19 heavy (non-hydrogen) atoms. The van der Waals surface area contributed by atoms with Gasteiger partial charge in [-0.15, -0.1) is 0 Å². The quantitative estimate of drug-likeness (QED) is 0.454. The van der Waals surface area contributed by atoms with Gasteiger partial charge >= 0.3 is 0 Å². The summed E-state index contributed by atoms with van der Waals surface area (Å²) < 4.78 is 0. The van der Waals surface area contributed by atoms with Gasteiger partial charge in [0.2, 0.25) is 0 Å². The highest BCUT2D eigenvalue weighted by Gasteiger charge is 2.02. The zero-order valence-electron chi connectivity index (χ0n) is 10.8. The van der Waals surface area contributed by atoms with Crippen LogP contribution in [-0.2, 0) is 4.79 Å². The summed E-state index contributed by atoms with van der Waals surface area (Å²) in [7, 11) is 0. The predicted octanol–water partition coefficient (Wildman–Crippen LogP) is 4.02. The number of benzene rings is 2. The maximum absolute atomic E-state index is 10.6. The lowest BCUT2D eigenvalue weighted by Gasteiger charge is -2.04. The van der Waals surface area contributed by atoms with Gasteiger partial charge in [-0.05, 0) is 18.1 Å². The van der Waals surface area contributed by atoms with Crippen molar-refractivity contribution in [2.75, 3.05) is 0 Å². The second-order valence-corrected chi connectivity index (χ2v) is 4.16. The molecule has 1 nitrogen and oxygen atoms in total. The molecule has 2 aromatic carbocycles. The van der Waals surface area contributed by atoms with Crippen molar-refractivity contribution in [1.82, 2.24) is 0 Å². The summed E-state index contributed by atoms with van der Waals surface area (Å²) in [6.07, 6.45) is 0.778. The second kappa shape index (κ2) is 6.37. The number of carbonyl (C=O) groups excluding carboxylic acids is 1. The molecule has 0 unspecified atom stereocenters. The molecular formula is C18H14O. The normalized spacial score (nSPS) is 9.11. The first kappa shape index (κ1) is 12.9. The van der Waals surface area contributed by atoms with E-state index in [0.29, 0.717) is 5.57 Å². The van der Waals surface area contributed by atoms with Gasteiger partial charge in [-0.2, -0.15) is 0 Å². The van der Waals surface area contributed by atoms with Gasteiger partial charge in [-0.25, -0.2) is 0 Å². The number of carbonyl (C=O) groups is 1. The van der Waals surface area contributed by atoms with Crippen LogP contribution in [0.2, 0.25) is 0 Å². The molecule has 0 heterocycles. The molecule has 0 aliphatic carbocycles. The molecular weight excluding hydrogens is 232 g/mol. The Balaban J connectivity index is 2.66. The Morgan fingerprint density at radius 1 is 0.842 bits per heavy atom. The molecule has 0 fully saturated rings. The molecule has 0 N–H and O–H groups in total. The van der Waals surface area contributed by atoms with Gasteiger partial charge in [-0.3, -0.25) is 4.79 Å². The number of rotatable bonds is 3. The minimum absolute atomic E-state index is 0.532.